The summed E-state index contributed by atoms with van der Waals surface area (Å²) in [5.41, 5.74) is 0.203. The summed E-state index contributed by atoms with van der Waals surface area (Å²) in [5, 5.41) is 2.40. The average molecular weight is 333 g/mol. The molecule has 0 aliphatic heterocycles. The Bertz CT molecular complexity index is 602. The summed E-state index contributed by atoms with van der Waals surface area (Å²) in [6, 6.07) is 8.39. The topological polar surface area (TPSA) is 81.7 Å². The molecule has 0 bridgehead atoms. The van der Waals surface area contributed by atoms with Gasteiger partial charge in [0.15, 0.2) is 5.78 Å². The third kappa shape index (κ3) is 8.12. The number of benzene rings is 1. The zero-order valence-corrected chi connectivity index (χ0v) is 14.4. The lowest BCUT2D eigenvalue weighted by Gasteiger charge is -2.21. The van der Waals surface area contributed by atoms with Gasteiger partial charge in [0.2, 0.25) is 0 Å². The van der Waals surface area contributed by atoms with Crippen molar-refractivity contribution in [3.05, 3.63) is 48.0 Å². The van der Waals surface area contributed by atoms with E-state index in [0.29, 0.717) is 0 Å². The Morgan fingerprint density at radius 1 is 1.12 bits per heavy atom. The third-order valence-corrected chi connectivity index (χ3v) is 2.77. The van der Waals surface area contributed by atoms with Gasteiger partial charge in [-0.3, -0.25) is 4.79 Å². The number of alkyl carbamates (subject to hydrolysis) is 1. The summed E-state index contributed by atoms with van der Waals surface area (Å²) in [5.74, 6) is -1.06. The summed E-state index contributed by atoms with van der Waals surface area (Å²) in [6.07, 6.45) is 1.43. The van der Waals surface area contributed by atoms with Crippen molar-refractivity contribution in [1.29, 1.82) is 0 Å². The molecule has 1 atom stereocenters. The van der Waals surface area contributed by atoms with Crippen LogP contribution in [-0.2, 0) is 25.7 Å². The lowest BCUT2D eigenvalue weighted by atomic mass is 10.2. The van der Waals surface area contributed by atoms with Crippen molar-refractivity contribution >= 4 is 17.8 Å². The lowest BCUT2D eigenvalue weighted by molar-refractivity contribution is -0.139. The Morgan fingerprint density at radius 3 is 2.33 bits per heavy atom. The number of ketones is 1. The van der Waals surface area contributed by atoms with Crippen LogP contribution in [0.25, 0.3) is 0 Å². The largest absolute Gasteiger partial charge is 0.458 e. The molecule has 0 aliphatic rings. The third-order valence-electron chi connectivity index (χ3n) is 2.77. The second kappa shape index (κ2) is 8.86. The highest BCUT2D eigenvalue weighted by Gasteiger charge is 2.19. The van der Waals surface area contributed by atoms with E-state index in [1.807, 2.05) is 30.3 Å². The van der Waals surface area contributed by atoms with Crippen molar-refractivity contribution in [2.45, 2.75) is 45.9 Å². The van der Waals surface area contributed by atoms with Crippen LogP contribution in [0.4, 0.5) is 4.79 Å². The molecule has 6 heteroatoms. The molecule has 0 radical (unpaired) electrons. The van der Waals surface area contributed by atoms with Crippen molar-refractivity contribution in [1.82, 2.24) is 5.32 Å². The molecule has 0 unspecified atom stereocenters. The van der Waals surface area contributed by atoms with Gasteiger partial charge in [-0.1, -0.05) is 30.3 Å². The fourth-order valence-corrected chi connectivity index (χ4v) is 1.63. The maximum absolute atomic E-state index is 11.9. The number of esters is 1. The summed E-state index contributed by atoms with van der Waals surface area (Å²) >= 11 is 0. The number of ether oxygens (including phenoxy) is 2. The molecule has 1 N–H and O–H groups in total. The molecule has 0 saturated carbocycles. The molecule has 0 fully saturated rings. The van der Waals surface area contributed by atoms with Gasteiger partial charge in [-0.2, -0.15) is 0 Å². The van der Waals surface area contributed by atoms with Crippen LogP contribution in [0.2, 0.25) is 0 Å². The fourth-order valence-electron chi connectivity index (χ4n) is 1.63. The number of carbonyl (C=O) groups is 3. The van der Waals surface area contributed by atoms with E-state index in [9.17, 15) is 14.4 Å². The lowest BCUT2D eigenvalue weighted by Crippen LogP contribution is -2.41. The van der Waals surface area contributed by atoms with Crippen LogP contribution in [0.5, 0.6) is 0 Å². The number of amides is 1. The van der Waals surface area contributed by atoms with Gasteiger partial charge in [0.1, 0.15) is 12.2 Å². The highest BCUT2D eigenvalue weighted by molar-refractivity contribution is 5.99. The summed E-state index contributed by atoms with van der Waals surface area (Å²) in [7, 11) is 0. The Kier molecular flexibility index (Phi) is 7.17. The molecule has 1 amide bonds. The minimum atomic E-state index is -0.807. The Labute approximate surface area is 141 Å². The predicted octanol–water partition coefficient (Wildman–Crippen LogP) is 2.77. The molecule has 0 aliphatic carbocycles. The first-order valence-corrected chi connectivity index (χ1v) is 7.59. The molecule has 1 aromatic rings. The number of rotatable bonds is 6. The zero-order chi connectivity index (χ0) is 18.2. The molecule has 0 spiro atoms. The summed E-state index contributed by atoms with van der Waals surface area (Å²) < 4.78 is 10.1. The van der Waals surface area contributed by atoms with Gasteiger partial charge >= 0.3 is 12.1 Å². The maximum atomic E-state index is 11.9. The van der Waals surface area contributed by atoms with Gasteiger partial charge in [-0.25, -0.2) is 9.59 Å². The van der Waals surface area contributed by atoms with Crippen LogP contribution < -0.4 is 5.32 Å². The SMILES string of the molecule is C[C@H](NC(=O)OC(C)(C)C)C(=O)/C=C/C(=O)OCc1ccccc1. The summed E-state index contributed by atoms with van der Waals surface area (Å²) in [4.78, 5) is 35.0. The first-order chi connectivity index (χ1) is 11.2. The van der Waals surface area contributed by atoms with Crippen LogP contribution in [0.3, 0.4) is 0 Å². The van der Waals surface area contributed by atoms with Crippen molar-refractivity contribution < 1.29 is 23.9 Å². The smallest absolute Gasteiger partial charge is 0.408 e. The molecule has 6 nitrogen and oxygen atoms in total. The van der Waals surface area contributed by atoms with E-state index >= 15 is 0 Å². The van der Waals surface area contributed by atoms with E-state index in [2.05, 4.69) is 5.32 Å². The van der Waals surface area contributed by atoms with Crippen molar-refractivity contribution in [2.75, 3.05) is 0 Å². The van der Waals surface area contributed by atoms with Gasteiger partial charge in [0.05, 0.1) is 6.04 Å². The molecular weight excluding hydrogens is 310 g/mol. The fraction of sp³-hybridized carbons (Fsp3) is 0.389. The molecule has 1 rings (SSSR count). The quantitative estimate of drug-likeness (QED) is 0.639. The van der Waals surface area contributed by atoms with Gasteiger partial charge in [-0.15, -0.1) is 0 Å². The van der Waals surface area contributed by atoms with Crippen LogP contribution in [-0.4, -0.2) is 29.5 Å². The minimum absolute atomic E-state index is 0.129. The second-order valence-electron chi connectivity index (χ2n) is 6.20. The van der Waals surface area contributed by atoms with Crippen molar-refractivity contribution in [3.8, 4) is 0 Å². The van der Waals surface area contributed by atoms with Crippen LogP contribution in [0.1, 0.15) is 33.3 Å². The maximum Gasteiger partial charge on any atom is 0.408 e. The Balaban J connectivity index is 2.40. The molecular formula is C18H23NO5. The molecule has 0 aromatic heterocycles. The van der Waals surface area contributed by atoms with E-state index in [-0.39, 0.29) is 6.61 Å². The van der Waals surface area contributed by atoms with Crippen LogP contribution in [0.15, 0.2) is 42.5 Å². The zero-order valence-electron chi connectivity index (χ0n) is 14.4. The number of nitrogens with one attached hydrogen (secondary N) is 1. The first-order valence-electron chi connectivity index (χ1n) is 7.59. The molecule has 1 aromatic carbocycles. The average Bonchev–Trinajstić information content (AvgIpc) is 2.49. The van der Waals surface area contributed by atoms with Gasteiger partial charge in [0, 0.05) is 6.08 Å². The van der Waals surface area contributed by atoms with E-state index in [4.69, 9.17) is 9.47 Å². The molecule has 24 heavy (non-hydrogen) atoms. The second-order valence-corrected chi connectivity index (χ2v) is 6.20. The van der Waals surface area contributed by atoms with Gasteiger partial charge in [-0.05, 0) is 39.3 Å². The normalized spacial score (nSPS) is 12.5. The van der Waals surface area contributed by atoms with E-state index in [1.165, 1.54) is 6.92 Å². The van der Waals surface area contributed by atoms with Gasteiger partial charge in [0.25, 0.3) is 0 Å². The highest BCUT2D eigenvalue weighted by atomic mass is 16.6. The van der Waals surface area contributed by atoms with Crippen molar-refractivity contribution in [2.24, 2.45) is 0 Å². The van der Waals surface area contributed by atoms with E-state index in [0.717, 1.165) is 17.7 Å². The van der Waals surface area contributed by atoms with Crippen LogP contribution in [0, 0.1) is 0 Å². The monoisotopic (exact) mass is 333 g/mol. The standard InChI is InChI=1S/C18H23NO5/c1-13(19-17(22)24-18(2,3)4)15(20)10-11-16(21)23-12-14-8-6-5-7-9-14/h5-11,13H,12H2,1-4H3,(H,19,22)/b11-10+/t13-/m0/s1. The van der Waals surface area contributed by atoms with Crippen molar-refractivity contribution in [3.63, 3.8) is 0 Å². The van der Waals surface area contributed by atoms with E-state index in [1.54, 1.807) is 20.8 Å². The Hall–Kier alpha value is -2.63. The molecule has 0 heterocycles. The first kappa shape index (κ1) is 19.4. The number of hydrogen-bond acceptors (Lipinski definition) is 5. The minimum Gasteiger partial charge on any atom is -0.458 e. The van der Waals surface area contributed by atoms with E-state index < -0.39 is 29.5 Å². The number of carbonyl (C=O) groups excluding carboxylic acids is 3. The highest BCUT2D eigenvalue weighted by Crippen LogP contribution is 2.07. The van der Waals surface area contributed by atoms with Crippen LogP contribution >= 0.6 is 0 Å². The summed E-state index contributed by atoms with van der Waals surface area (Å²) in [6.45, 7) is 6.81. The molecule has 130 valence electrons. The van der Waals surface area contributed by atoms with Gasteiger partial charge < -0.3 is 14.8 Å². The number of hydrogen-bond donors (Lipinski definition) is 1. The Morgan fingerprint density at radius 2 is 1.75 bits per heavy atom. The predicted molar refractivity (Wildman–Crippen MR) is 89.2 cm³/mol. The molecule has 0 saturated heterocycles.